The lowest BCUT2D eigenvalue weighted by Crippen LogP contribution is -2.33. The van der Waals surface area contributed by atoms with Gasteiger partial charge >= 0.3 is 0 Å². The minimum absolute atomic E-state index is 0.00438. The Bertz CT molecular complexity index is 298. The van der Waals surface area contributed by atoms with Crippen molar-refractivity contribution in [1.82, 2.24) is 5.32 Å². The van der Waals surface area contributed by atoms with E-state index in [4.69, 9.17) is 5.73 Å². The van der Waals surface area contributed by atoms with Crippen molar-refractivity contribution in [2.75, 3.05) is 6.54 Å². The summed E-state index contributed by atoms with van der Waals surface area (Å²) in [5, 5.41) is 2.81. The minimum atomic E-state index is -0.365. The molecule has 0 aliphatic rings. The molecule has 0 saturated heterocycles. The standard InChI is InChI=1S/C14H26N2O2/c1-10(2)9-13(17)16-8-6-5-7-12(15)14(18)11(3)4/h11-12H,1,5-9,15H2,2-4H3,(H,16,17). The van der Waals surface area contributed by atoms with Crippen LogP contribution in [0.15, 0.2) is 12.2 Å². The fraction of sp³-hybridized carbons (Fsp3) is 0.714. The number of unbranched alkanes of at least 4 members (excludes halogenated alkanes) is 1. The summed E-state index contributed by atoms with van der Waals surface area (Å²) in [6.07, 6.45) is 2.77. The molecule has 0 aliphatic heterocycles. The molecule has 18 heavy (non-hydrogen) atoms. The van der Waals surface area contributed by atoms with Crippen molar-refractivity contribution in [2.24, 2.45) is 11.7 Å². The van der Waals surface area contributed by atoms with Gasteiger partial charge in [-0.25, -0.2) is 0 Å². The molecule has 3 N–H and O–H groups in total. The zero-order valence-corrected chi connectivity index (χ0v) is 11.8. The van der Waals surface area contributed by atoms with Gasteiger partial charge in [-0.15, -0.1) is 0 Å². The van der Waals surface area contributed by atoms with Crippen molar-refractivity contribution in [3.63, 3.8) is 0 Å². The second-order valence-electron chi connectivity index (χ2n) is 5.14. The molecule has 0 bridgehead atoms. The van der Waals surface area contributed by atoms with Crippen LogP contribution < -0.4 is 11.1 Å². The monoisotopic (exact) mass is 254 g/mol. The summed E-state index contributed by atoms with van der Waals surface area (Å²) in [5.41, 5.74) is 6.64. The Hall–Kier alpha value is -1.16. The molecule has 104 valence electrons. The predicted molar refractivity (Wildman–Crippen MR) is 74.1 cm³/mol. The topological polar surface area (TPSA) is 72.2 Å². The maximum Gasteiger partial charge on any atom is 0.224 e. The molecular formula is C14H26N2O2. The maximum absolute atomic E-state index is 11.5. The number of hydrogen-bond donors (Lipinski definition) is 2. The van der Waals surface area contributed by atoms with Crippen molar-refractivity contribution in [3.8, 4) is 0 Å². The maximum atomic E-state index is 11.5. The summed E-state index contributed by atoms with van der Waals surface area (Å²) in [7, 11) is 0. The highest BCUT2D eigenvalue weighted by molar-refractivity contribution is 5.85. The molecule has 0 heterocycles. The van der Waals surface area contributed by atoms with E-state index in [9.17, 15) is 9.59 Å². The van der Waals surface area contributed by atoms with Crippen LogP contribution in [0, 0.1) is 5.92 Å². The molecule has 1 atom stereocenters. The Morgan fingerprint density at radius 3 is 2.39 bits per heavy atom. The van der Waals surface area contributed by atoms with Gasteiger partial charge in [0.05, 0.1) is 6.04 Å². The Labute approximate surface area is 110 Å². The number of hydrogen-bond acceptors (Lipinski definition) is 3. The van der Waals surface area contributed by atoms with E-state index >= 15 is 0 Å². The van der Waals surface area contributed by atoms with E-state index < -0.39 is 0 Å². The third kappa shape index (κ3) is 8.01. The van der Waals surface area contributed by atoms with Crippen LogP contribution in [0.2, 0.25) is 0 Å². The van der Waals surface area contributed by atoms with Crippen molar-refractivity contribution < 1.29 is 9.59 Å². The number of nitrogens with two attached hydrogens (primary N) is 1. The fourth-order valence-electron chi connectivity index (χ4n) is 1.62. The normalized spacial score (nSPS) is 12.3. The van der Waals surface area contributed by atoms with Gasteiger partial charge < -0.3 is 11.1 Å². The molecule has 0 radical (unpaired) electrons. The number of ketones is 1. The number of nitrogens with one attached hydrogen (secondary N) is 1. The molecule has 1 amide bonds. The van der Waals surface area contributed by atoms with Gasteiger partial charge in [0.15, 0.2) is 5.78 Å². The molecule has 0 aromatic rings. The van der Waals surface area contributed by atoms with Crippen LogP contribution in [0.1, 0.15) is 46.5 Å². The molecule has 0 fully saturated rings. The summed E-state index contributed by atoms with van der Waals surface area (Å²) in [6.45, 7) is 9.87. The SMILES string of the molecule is C=C(C)CC(=O)NCCCCC(N)C(=O)C(C)C. The third-order valence-corrected chi connectivity index (χ3v) is 2.66. The van der Waals surface area contributed by atoms with Crippen LogP contribution in [-0.4, -0.2) is 24.3 Å². The highest BCUT2D eigenvalue weighted by Crippen LogP contribution is 2.05. The van der Waals surface area contributed by atoms with Gasteiger partial charge in [-0.05, 0) is 26.2 Å². The molecule has 0 aromatic carbocycles. The van der Waals surface area contributed by atoms with E-state index in [2.05, 4.69) is 11.9 Å². The molecular weight excluding hydrogens is 228 g/mol. The number of rotatable bonds is 9. The van der Waals surface area contributed by atoms with Crippen LogP contribution in [0.5, 0.6) is 0 Å². The highest BCUT2D eigenvalue weighted by Gasteiger charge is 2.15. The second kappa shape index (κ2) is 8.86. The van der Waals surface area contributed by atoms with Crippen LogP contribution in [0.4, 0.5) is 0 Å². The van der Waals surface area contributed by atoms with E-state index in [1.165, 1.54) is 0 Å². The van der Waals surface area contributed by atoms with Crippen molar-refractivity contribution in [3.05, 3.63) is 12.2 Å². The van der Waals surface area contributed by atoms with Gasteiger partial charge in [0.1, 0.15) is 0 Å². The van der Waals surface area contributed by atoms with Crippen LogP contribution in [-0.2, 0) is 9.59 Å². The van der Waals surface area contributed by atoms with E-state index in [-0.39, 0.29) is 23.7 Å². The van der Waals surface area contributed by atoms with Crippen LogP contribution in [0.3, 0.4) is 0 Å². The first-order chi connectivity index (χ1) is 8.34. The largest absolute Gasteiger partial charge is 0.356 e. The average Bonchev–Trinajstić information content (AvgIpc) is 2.26. The molecule has 0 aliphatic carbocycles. The molecule has 4 nitrogen and oxygen atoms in total. The summed E-state index contributed by atoms with van der Waals surface area (Å²) >= 11 is 0. The molecule has 0 rings (SSSR count). The summed E-state index contributed by atoms with van der Waals surface area (Å²) < 4.78 is 0. The number of carbonyl (C=O) groups excluding carboxylic acids is 2. The lowest BCUT2D eigenvalue weighted by molar-refractivity contribution is -0.123. The summed E-state index contributed by atoms with van der Waals surface area (Å²) in [6, 6.07) is -0.365. The molecule has 4 heteroatoms. The predicted octanol–water partition coefficient (Wildman–Crippen LogP) is 1.79. The van der Waals surface area contributed by atoms with Gasteiger partial charge in [0, 0.05) is 18.9 Å². The first kappa shape index (κ1) is 16.8. The smallest absolute Gasteiger partial charge is 0.224 e. The van der Waals surface area contributed by atoms with Crippen LogP contribution in [0.25, 0.3) is 0 Å². The van der Waals surface area contributed by atoms with E-state index in [0.29, 0.717) is 19.4 Å². The van der Waals surface area contributed by atoms with Crippen LogP contribution >= 0.6 is 0 Å². The van der Waals surface area contributed by atoms with Gasteiger partial charge in [0.2, 0.25) is 5.91 Å². The average molecular weight is 254 g/mol. The van der Waals surface area contributed by atoms with E-state index in [0.717, 1.165) is 18.4 Å². The number of amides is 1. The first-order valence-corrected chi connectivity index (χ1v) is 6.55. The van der Waals surface area contributed by atoms with Crippen molar-refractivity contribution in [2.45, 2.75) is 52.5 Å². The first-order valence-electron chi connectivity index (χ1n) is 6.55. The third-order valence-electron chi connectivity index (χ3n) is 2.66. The summed E-state index contributed by atoms with van der Waals surface area (Å²) in [4.78, 5) is 22.8. The number of carbonyl (C=O) groups is 2. The van der Waals surface area contributed by atoms with E-state index in [1.54, 1.807) is 0 Å². The van der Waals surface area contributed by atoms with Gasteiger partial charge in [-0.3, -0.25) is 9.59 Å². The van der Waals surface area contributed by atoms with Crippen molar-refractivity contribution >= 4 is 11.7 Å². The fourth-order valence-corrected chi connectivity index (χ4v) is 1.62. The summed E-state index contributed by atoms with van der Waals surface area (Å²) in [5.74, 6) is 0.113. The molecule has 0 aromatic heterocycles. The van der Waals surface area contributed by atoms with Crippen molar-refractivity contribution in [1.29, 1.82) is 0 Å². The molecule has 1 unspecified atom stereocenters. The number of Topliss-reactive ketones (excluding diaryl/α,β-unsaturated/α-hetero) is 1. The highest BCUT2D eigenvalue weighted by atomic mass is 16.1. The second-order valence-corrected chi connectivity index (χ2v) is 5.14. The lowest BCUT2D eigenvalue weighted by Gasteiger charge is -2.12. The zero-order valence-electron chi connectivity index (χ0n) is 11.8. The molecule has 0 spiro atoms. The quantitative estimate of drug-likeness (QED) is 0.487. The van der Waals surface area contributed by atoms with E-state index in [1.807, 2.05) is 20.8 Å². The van der Waals surface area contributed by atoms with Gasteiger partial charge in [-0.1, -0.05) is 26.0 Å². The minimum Gasteiger partial charge on any atom is -0.356 e. The lowest BCUT2D eigenvalue weighted by atomic mass is 9.98. The Kier molecular flexibility index (Phi) is 8.29. The van der Waals surface area contributed by atoms with Gasteiger partial charge in [-0.2, -0.15) is 0 Å². The molecule has 0 saturated carbocycles. The Morgan fingerprint density at radius 1 is 1.28 bits per heavy atom. The Morgan fingerprint density at radius 2 is 1.89 bits per heavy atom. The van der Waals surface area contributed by atoms with Gasteiger partial charge in [0.25, 0.3) is 0 Å². The zero-order chi connectivity index (χ0) is 14.1. The Balaban J connectivity index is 3.60.